The van der Waals surface area contributed by atoms with Gasteiger partial charge in [-0.25, -0.2) is 4.98 Å². The highest BCUT2D eigenvalue weighted by Crippen LogP contribution is 2.27. The lowest BCUT2D eigenvalue weighted by atomic mass is 10.1. The number of anilines is 1. The third kappa shape index (κ3) is 2.18. The molecular formula is C11H12N2O3. The second-order valence-electron chi connectivity index (χ2n) is 3.69. The van der Waals surface area contributed by atoms with Gasteiger partial charge >= 0.3 is 0 Å². The van der Waals surface area contributed by atoms with Gasteiger partial charge in [-0.2, -0.15) is 0 Å². The van der Waals surface area contributed by atoms with Gasteiger partial charge in [-0.15, -0.1) is 0 Å². The molecule has 5 nitrogen and oxygen atoms in total. The average molecular weight is 220 g/mol. The Labute approximate surface area is 92.8 Å². The molecule has 1 aliphatic heterocycles. The van der Waals surface area contributed by atoms with Gasteiger partial charge in [0.15, 0.2) is 17.7 Å². The SMILES string of the molecule is CC(=O)CCC1Oc2cccnc2NC1=O. The van der Waals surface area contributed by atoms with E-state index in [1.165, 1.54) is 6.92 Å². The minimum atomic E-state index is -0.597. The lowest BCUT2D eigenvalue weighted by molar-refractivity contribution is -0.124. The molecule has 5 heteroatoms. The summed E-state index contributed by atoms with van der Waals surface area (Å²) < 4.78 is 5.47. The summed E-state index contributed by atoms with van der Waals surface area (Å²) in [6.45, 7) is 1.50. The third-order valence-electron chi connectivity index (χ3n) is 2.33. The van der Waals surface area contributed by atoms with E-state index in [0.29, 0.717) is 24.4 Å². The van der Waals surface area contributed by atoms with Crippen LogP contribution < -0.4 is 10.1 Å². The number of aromatic nitrogens is 1. The Kier molecular flexibility index (Phi) is 2.85. The normalized spacial score (nSPS) is 18.3. The molecule has 0 spiro atoms. The van der Waals surface area contributed by atoms with Crippen molar-refractivity contribution in [2.45, 2.75) is 25.9 Å². The van der Waals surface area contributed by atoms with E-state index in [4.69, 9.17) is 4.74 Å². The van der Waals surface area contributed by atoms with Crippen LogP contribution in [0.5, 0.6) is 5.75 Å². The van der Waals surface area contributed by atoms with Gasteiger partial charge in [0.05, 0.1) is 0 Å². The van der Waals surface area contributed by atoms with Gasteiger partial charge in [-0.1, -0.05) is 0 Å². The molecule has 0 saturated heterocycles. The maximum Gasteiger partial charge on any atom is 0.266 e. The van der Waals surface area contributed by atoms with Crippen LogP contribution in [0.25, 0.3) is 0 Å². The lowest BCUT2D eigenvalue weighted by Crippen LogP contribution is -2.37. The summed E-state index contributed by atoms with van der Waals surface area (Å²) in [5.41, 5.74) is 0. The van der Waals surface area contributed by atoms with E-state index >= 15 is 0 Å². The van der Waals surface area contributed by atoms with E-state index in [1.54, 1.807) is 18.3 Å². The van der Waals surface area contributed by atoms with Gasteiger partial charge in [0.25, 0.3) is 5.91 Å². The number of hydrogen-bond donors (Lipinski definition) is 1. The topological polar surface area (TPSA) is 68.3 Å². The predicted molar refractivity (Wildman–Crippen MR) is 57.2 cm³/mol. The molecule has 1 N–H and O–H groups in total. The highest BCUT2D eigenvalue weighted by atomic mass is 16.5. The monoisotopic (exact) mass is 220 g/mol. The fraction of sp³-hybridized carbons (Fsp3) is 0.364. The molecule has 1 unspecified atom stereocenters. The summed E-state index contributed by atoms with van der Waals surface area (Å²) in [5, 5.41) is 2.65. The molecule has 2 rings (SSSR count). The number of rotatable bonds is 3. The number of carbonyl (C=O) groups is 2. The van der Waals surface area contributed by atoms with Crippen LogP contribution in [0.3, 0.4) is 0 Å². The van der Waals surface area contributed by atoms with Crippen molar-refractivity contribution in [1.82, 2.24) is 4.98 Å². The molecule has 1 aromatic heterocycles. The average Bonchev–Trinajstić information content (AvgIpc) is 2.26. The van der Waals surface area contributed by atoms with Gasteiger partial charge in [-0.3, -0.25) is 4.79 Å². The van der Waals surface area contributed by atoms with E-state index in [0.717, 1.165) is 0 Å². The fourth-order valence-electron chi connectivity index (χ4n) is 1.51. The van der Waals surface area contributed by atoms with Gasteiger partial charge in [0.1, 0.15) is 5.78 Å². The molecule has 1 aliphatic rings. The zero-order valence-corrected chi connectivity index (χ0v) is 8.90. The summed E-state index contributed by atoms with van der Waals surface area (Å²) in [4.78, 5) is 26.4. The molecule has 1 amide bonds. The van der Waals surface area contributed by atoms with Crippen molar-refractivity contribution in [2.24, 2.45) is 0 Å². The maximum atomic E-state index is 11.6. The quantitative estimate of drug-likeness (QED) is 0.829. The van der Waals surface area contributed by atoms with Crippen molar-refractivity contribution < 1.29 is 14.3 Å². The van der Waals surface area contributed by atoms with E-state index in [2.05, 4.69) is 10.3 Å². The highest BCUT2D eigenvalue weighted by Gasteiger charge is 2.27. The Balaban J connectivity index is 2.09. The molecule has 2 heterocycles. The molecule has 0 aliphatic carbocycles. The minimum Gasteiger partial charge on any atom is -0.477 e. The van der Waals surface area contributed by atoms with Crippen LogP contribution in [0.1, 0.15) is 19.8 Å². The molecule has 1 aromatic rings. The first-order valence-corrected chi connectivity index (χ1v) is 5.09. The maximum absolute atomic E-state index is 11.6. The number of hydrogen-bond acceptors (Lipinski definition) is 4. The second kappa shape index (κ2) is 4.30. The van der Waals surface area contributed by atoms with Gasteiger partial charge < -0.3 is 14.8 Å². The van der Waals surface area contributed by atoms with Crippen molar-refractivity contribution in [2.75, 3.05) is 5.32 Å². The Morgan fingerprint density at radius 3 is 3.19 bits per heavy atom. The summed E-state index contributed by atoms with van der Waals surface area (Å²) in [6.07, 6.45) is 1.72. The van der Waals surface area contributed by atoms with E-state index in [9.17, 15) is 9.59 Å². The van der Waals surface area contributed by atoms with Crippen molar-refractivity contribution in [3.05, 3.63) is 18.3 Å². The van der Waals surface area contributed by atoms with E-state index in [-0.39, 0.29) is 11.7 Å². The van der Waals surface area contributed by atoms with Crippen molar-refractivity contribution in [1.29, 1.82) is 0 Å². The van der Waals surface area contributed by atoms with Crippen molar-refractivity contribution in [3.8, 4) is 5.75 Å². The standard InChI is InChI=1S/C11H12N2O3/c1-7(14)4-5-9-11(15)13-10-8(16-9)3-2-6-12-10/h2-3,6,9H,4-5H2,1H3,(H,12,13,15). The smallest absolute Gasteiger partial charge is 0.266 e. The van der Waals surface area contributed by atoms with Crippen LogP contribution in [0.4, 0.5) is 5.82 Å². The number of ketones is 1. The first-order chi connectivity index (χ1) is 7.66. The number of nitrogens with one attached hydrogen (secondary N) is 1. The number of nitrogens with zero attached hydrogens (tertiary/aromatic N) is 1. The van der Waals surface area contributed by atoms with E-state index in [1.807, 2.05) is 0 Å². The Morgan fingerprint density at radius 1 is 1.62 bits per heavy atom. The molecule has 0 fully saturated rings. The minimum absolute atomic E-state index is 0.0494. The number of Topliss-reactive ketones (excluding diaryl/α,β-unsaturated/α-hetero) is 1. The van der Waals surface area contributed by atoms with Crippen LogP contribution >= 0.6 is 0 Å². The molecule has 0 aromatic carbocycles. The summed E-state index contributed by atoms with van der Waals surface area (Å²) in [5.74, 6) is 0.795. The van der Waals surface area contributed by atoms with Crippen molar-refractivity contribution >= 4 is 17.5 Å². The molecule has 1 atom stereocenters. The largest absolute Gasteiger partial charge is 0.477 e. The molecular weight excluding hydrogens is 208 g/mol. The molecule has 0 saturated carbocycles. The lowest BCUT2D eigenvalue weighted by Gasteiger charge is -2.24. The predicted octanol–water partition coefficient (Wildman–Crippen LogP) is 1.15. The first-order valence-electron chi connectivity index (χ1n) is 5.09. The van der Waals surface area contributed by atoms with Crippen LogP contribution in [-0.2, 0) is 9.59 Å². The van der Waals surface area contributed by atoms with Gasteiger partial charge in [-0.05, 0) is 19.1 Å². The number of fused-ring (bicyclic) bond motifs is 1. The fourth-order valence-corrected chi connectivity index (χ4v) is 1.51. The zero-order chi connectivity index (χ0) is 11.5. The third-order valence-corrected chi connectivity index (χ3v) is 2.33. The summed E-state index contributed by atoms with van der Waals surface area (Å²) in [7, 11) is 0. The van der Waals surface area contributed by atoms with Crippen molar-refractivity contribution in [3.63, 3.8) is 0 Å². The van der Waals surface area contributed by atoms with Gasteiger partial charge in [0.2, 0.25) is 0 Å². The first kappa shape index (κ1) is 10.6. The number of carbonyl (C=O) groups excluding carboxylic acids is 2. The number of pyridine rings is 1. The molecule has 0 radical (unpaired) electrons. The van der Waals surface area contributed by atoms with Crippen LogP contribution in [0.15, 0.2) is 18.3 Å². The van der Waals surface area contributed by atoms with Gasteiger partial charge in [0, 0.05) is 19.0 Å². The van der Waals surface area contributed by atoms with E-state index < -0.39 is 6.10 Å². The Hall–Kier alpha value is -1.91. The second-order valence-corrected chi connectivity index (χ2v) is 3.69. The Bertz CT molecular complexity index is 431. The van der Waals surface area contributed by atoms with Crippen LogP contribution in [0.2, 0.25) is 0 Å². The molecule has 0 bridgehead atoms. The zero-order valence-electron chi connectivity index (χ0n) is 8.90. The number of ether oxygens (including phenoxy) is 1. The Morgan fingerprint density at radius 2 is 2.44 bits per heavy atom. The highest BCUT2D eigenvalue weighted by molar-refractivity contribution is 5.96. The summed E-state index contributed by atoms with van der Waals surface area (Å²) in [6, 6.07) is 3.47. The molecule has 84 valence electrons. The number of amides is 1. The van der Waals surface area contributed by atoms with Crippen LogP contribution in [0, 0.1) is 0 Å². The molecule has 16 heavy (non-hydrogen) atoms. The van der Waals surface area contributed by atoms with Crippen LogP contribution in [-0.4, -0.2) is 22.8 Å². The summed E-state index contributed by atoms with van der Waals surface area (Å²) >= 11 is 0.